The molecule has 0 aliphatic carbocycles. The molecule has 1 aromatic carbocycles. The normalized spacial score (nSPS) is 12.6. The minimum absolute atomic E-state index is 0.200. The molecule has 0 saturated heterocycles. The third-order valence-corrected chi connectivity index (χ3v) is 3.83. The molecule has 0 aliphatic rings. The minimum Gasteiger partial charge on any atom is -0.478 e. The zero-order valence-electron chi connectivity index (χ0n) is 11.7. The molecule has 112 valence electrons. The Labute approximate surface area is 121 Å². The zero-order chi connectivity index (χ0) is 15.0. The number of hydrogen-bond donors (Lipinski definition) is 1. The summed E-state index contributed by atoms with van der Waals surface area (Å²) in [6.45, 7) is 4.70. The molecular formula is C14H20O5S. The van der Waals surface area contributed by atoms with Gasteiger partial charge < -0.3 is 14.6 Å². The van der Waals surface area contributed by atoms with Crippen molar-refractivity contribution in [1.82, 2.24) is 0 Å². The van der Waals surface area contributed by atoms with Gasteiger partial charge in [-0.2, -0.15) is 0 Å². The average molecular weight is 300 g/mol. The van der Waals surface area contributed by atoms with E-state index >= 15 is 0 Å². The van der Waals surface area contributed by atoms with E-state index in [4.69, 9.17) is 14.6 Å². The SMILES string of the molecule is CCOC(CS(=O)Cc1cccc(C(=O)O)c1)OCC. The maximum Gasteiger partial charge on any atom is 0.335 e. The topological polar surface area (TPSA) is 72.8 Å². The Hall–Kier alpha value is -1.24. The van der Waals surface area contributed by atoms with E-state index in [9.17, 15) is 9.00 Å². The summed E-state index contributed by atoms with van der Waals surface area (Å²) in [7, 11) is -1.17. The maximum absolute atomic E-state index is 12.1. The molecule has 0 saturated carbocycles. The van der Waals surface area contributed by atoms with Gasteiger partial charge >= 0.3 is 5.97 Å². The summed E-state index contributed by atoms with van der Waals surface area (Å²) in [5.41, 5.74) is 0.931. The highest BCUT2D eigenvalue weighted by Crippen LogP contribution is 2.09. The molecule has 20 heavy (non-hydrogen) atoms. The molecule has 0 aliphatic heterocycles. The van der Waals surface area contributed by atoms with Crippen molar-refractivity contribution in [2.24, 2.45) is 0 Å². The second-order valence-electron chi connectivity index (χ2n) is 4.10. The van der Waals surface area contributed by atoms with Crippen molar-refractivity contribution in [3.63, 3.8) is 0 Å². The van der Waals surface area contributed by atoms with Crippen LogP contribution in [0, 0.1) is 0 Å². The van der Waals surface area contributed by atoms with Crippen LogP contribution in [0.1, 0.15) is 29.8 Å². The van der Waals surface area contributed by atoms with Crippen molar-refractivity contribution < 1.29 is 23.6 Å². The van der Waals surface area contributed by atoms with Crippen molar-refractivity contribution in [3.05, 3.63) is 35.4 Å². The van der Waals surface area contributed by atoms with E-state index in [0.717, 1.165) is 5.56 Å². The monoisotopic (exact) mass is 300 g/mol. The van der Waals surface area contributed by atoms with Crippen LogP contribution in [0.4, 0.5) is 0 Å². The van der Waals surface area contributed by atoms with E-state index < -0.39 is 23.1 Å². The van der Waals surface area contributed by atoms with Crippen molar-refractivity contribution in [2.75, 3.05) is 19.0 Å². The first-order valence-electron chi connectivity index (χ1n) is 6.47. The standard InChI is InChI=1S/C14H20O5S/c1-3-18-13(19-4-2)10-20(17)9-11-6-5-7-12(8-11)14(15)16/h5-8,13H,3-4,9-10H2,1-2H3,(H,15,16). The highest BCUT2D eigenvalue weighted by atomic mass is 32.2. The Bertz CT molecular complexity index is 455. The van der Waals surface area contributed by atoms with Gasteiger partial charge in [0.15, 0.2) is 6.29 Å². The Morgan fingerprint density at radius 1 is 1.30 bits per heavy atom. The highest BCUT2D eigenvalue weighted by Gasteiger charge is 2.14. The number of benzene rings is 1. The third kappa shape index (κ3) is 5.81. The van der Waals surface area contributed by atoms with E-state index in [2.05, 4.69) is 0 Å². The van der Waals surface area contributed by atoms with E-state index in [1.165, 1.54) is 12.1 Å². The average Bonchev–Trinajstić information content (AvgIpc) is 2.39. The first kappa shape index (κ1) is 16.8. The van der Waals surface area contributed by atoms with Gasteiger partial charge in [0.05, 0.1) is 11.3 Å². The molecule has 0 fully saturated rings. The van der Waals surface area contributed by atoms with Gasteiger partial charge in [-0.3, -0.25) is 4.21 Å². The molecule has 1 rings (SSSR count). The van der Waals surface area contributed by atoms with Crippen molar-refractivity contribution in [3.8, 4) is 0 Å². The fraction of sp³-hybridized carbons (Fsp3) is 0.500. The van der Waals surface area contributed by atoms with Crippen molar-refractivity contribution in [2.45, 2.75) is 25.9 Å². The van der Waals surface area contributed by atoms with E-state index in [0.29, 0.717) is 13.2 Å². The molecule has 0 spiro atoms. The highest BCUT2D eigenvalue weighted by molar-refractivity contribution is 7.84. The number of rotatable bonds is 9. The largest absolute Gasteiger partial charge is 0.478 e. The van der Waals surface area contributed by atoms with Crippen molar-refractivity contribution in [1.29, 1.82) is 0 Å². The number of carboxylic acid groups (broad SMARTS) is 1. The molecule has 1 N–H and O–H groups in total. The quantitative estimate of drug-likeness (QED) is 0.706. The lowest BCUT2D eigenvalue weighted by Crippen LogP contribution is -2.25. The van der Waals surface area contributed by atoms with Crippen LogP contribution in [0.25, 0.3) is 0 Å². The van der Waals surface area contributed by atoms with E-state index in [1.54, 1.807) is 12.1 Å². The summed E-state index contributed by atoms with van der Waals surface area (Å²) < 4.78 is 22.7. The molecule has 1 unspecified atom stereocenters. The Kier molecular flexibility index (Phi) is 7.43. The van der Waals surface area contributed by atoms with Gasteiger partial charge in [-0.25, -0.2) is 4.79 Å². The maximum atomic E-state index is 12.1. The lowest BCUT2D eigenvalue weighted by Gasteiger charge is -2.16. The number of aromatic carboxylic acids is 1. The summed E-state index contributed by atoms with van der Waals surface area (Å²) >= 11 is 0. The van der Waals surface area contributed by atoms with Crippen LogP contribution in [-0.2, 0) is 26.0 Å². The third-order valence-electron chi connectivity index (χ3n) is 2.53. The fourth-order valence-electron chi connectivity index (χ4n) is 1.71. The molecule has 1 aromatic rings. The van der Waals surface area contributed by atoms with Gasteiger partial charge in [-0.05, 0) is 31.5 Å². The summed E-state index contributed by atoms with van der Waals surface area (Å²) in [5, 5.41) is 8.91. The number of carboxylic acids is 1. The fourth-order valence-corrected chi connectivity index (χ4v) is 2.87. The van der Waals surface area contributed by atoms with Crippen LogP contribution < -0.4 is 0 Å². The van der Waals surface area contributed by atoms with Crippen LogP contribution in [0.3, 0.4) is 0 Å². The minimum atomic E-state index is -1.17. The molecule has 0 radical (unpaired) electrons. The van der Waals surface area contributed by atoms with Gasteiger partial charge in [0.25, 0.3) is 0 Å². The Morgan fingerprint density at radius 2 is 1.95 bits per heavy atom. The lowest BCUT2D eigenvalue weighted by molar-refractivity contribution is -0.120. The zero-order valence-corrected chi connectivity index (χ0v) is 12.5. The Morgan fingerprint density at radius 3 is 2.50 bits per heavy atom. The van der Waals surface area contributed by atoms with Crippen LogP contribution >= 0.6 is 0 Å². The van der Waals surface area contributed by atoms with Gasteiger partial charge in [-0.1, -0.05) is 12.1 Å². The van der Waals surface area contributed by atoms with Gasteiger partial charge in [-0.15, -0.1) is 0 Å². The summed E-state index contributed by atoms with van der Waals surface area (Å²) in [5.74, 6) is -0.421. The molecular weight excluding hydrogens is 280 g/mol. The predicted octanol–water partition coefficient (Wildman–Crippen LogP) is 2.03. The van der Waals surface area contributed by atoms with Crippen molar-refractivity contribution >= 4 is 16.8 Å². The molecule has 1 atom stereocenters. The second-order valence-corrected chi connectivity index (χ2v) is 5.60. The molecule has 0 heterocycles. The van der Waals surface area contributed by atoms with Crippen LogP contribution in [0.2, 0.25) is 0 Å². The number of hydrogen-bond acceptors (Lipinski definition) is 4. The molecule has 0 amide bonds. The second kappa shape index (κ2) is 8.84. The summed E-state index contributed by atoms with van der Waals surface area (Å²) in [6, 6.07) is 6.47. The van der Waals surface area contributed by atoms with E-state index in [-0.39, 0.29) is 17.1 Å². The van der Waals surface area contributed by atoms with Gasteiger partial charge in [0, 0.05) is 29.8 Å². The number of ether oxygens (including phenoxy) is 2. The Balaban J connectivity index is 2.60. The van der Waals surface area contributed by atoms with Crippen LogP contribution in [0.5, 0.6) is 0 Å². The number of carbonyl (C=O) groups is 1. The summed E-state index contributed by atoms with van der Waals surface area (Å²) in [6.07, 6.45) is -0.478. The first-order valence-corrected chi connectivity index (χ1v) is 7.96. The molecule has 0 aromatic heterocycles. The predicted molar refractivity (Wildman–Crippen MR) is 77.2 cm³/mol. The molecule has 5 nitrogen and oxygen atoms in total. The van der Waals surface area contributed by atoms with E-state index in [1.807, 2.05) is 13.8 Å². The van der Waals surface area contributed by atoms with Crippen LogP contribution in [0.15, 0.2) is 24.3 Å². The molecule has 6 heteroatoms. The van der Waals surface area contributed by atoms with Gasteiger partial charge in [0.1, 0.15) is 0 Å². The summed E-state index contributed by atoms with van der Waals surface area (Å²) in [4.78, 5) is 10.9. The van der Waals surface area contributed by atoms with Gasteiger partial charge in [0.2, 0.25) is 0 Å². The smallest absolute Gasteiger partial charge is 0.335 e. The molecule has 0 bridgehead atoms. The van der Waals surface area contributed by atoms with Crippen LogP contribution in [-0.4, -0.2) is 40.5 Å². The first-order chi connectivity index (χ1) is 9.56. The lowest BCUT2D eigenvalue weighted by atomic mass is 10.1.